The van der Waals surface area contributed by atoms with Crippen molar-refractivity contribution >= 4 is 11.7 Å². The third-order valence-corrected chi connectivity index (χ3v) is 4.01. The van der Waals surface area contributed by atoms with Gasteiger partial charge in [-0.3, -0.25) is 9.69 Å². The SMILES string of the molecule is O=C(C1CC1)N(CCC1=CCCCC1)c1cnc[nH]1. The van der Waals surface area contributed by atoms with Crippen molar-refractivity contribution in [2.75, 3.05) is 11.4 Å². The summed E-state index contributed by atoms with van der Waals surface area (Å²) < 4.78 is 0. The van der Waals surface area contributed by atoms with Crippen LogP contribution in [0.2, 0.25) is 0 Å². The molecule has 1 amide bonds. The van der Waals surface area contributed by atoms with E-state index < -0.39 is 0 Å². The second kappa shape index (κ2) is 5.59. The second-order valence-electron chi connectivity index (χ2n) is 5.56. The van der Waals surface area contributed by atoms with Crippen molar-refractivity contribution in [1.82, 2.24) is 9.97 Å². The van der Waals surface area contributed by atoms with Crippen molar-refractivity contribution in [2.24, 2.45) is 5.92 Å². The Morgan fingerprint density at radius 1 is 1.42 bits per heavy atom. The van der Waals surface area contributed by atoms with Gasteiger partial charge in [0.05, 0.1) is 12.5 Å². The van der Waals surface area contributed by atoms with Crippen LogP contribution in [0, 0.1) is 5.92 Å². The molecule has 1 saturated carbocycles. The Morgan fingerprint density at radius 2 is 2.32 bits per heavy atom. The molecule has 0 spiro atoms. The highest BCUT2D eigenvalue weighted by molar-refractivity contribution is 5.95. The summed E-state index contributed by atoms with van der Waals surface area (Å²) in [5.41, 5.74) is 1.51. The lowest BCUT2D eigenvalue weighted by Crippen LogP contribution is -2.33. The van der Waals surface area contributed by atoms with E-state index in [4.69, 9.17) is 0 Å². The van der Waals surface area contributed by atoms with E-state index in [9.17, 15) is 4.79 Å². The summed E-state index contributed by atoms with van der Waals surface area (Å²) in [7, 11) is 0. The molecule has 4 heteroatoms. The number of nitrogens with one attached hydrogen (secondary N) is 1. The van der Waals surface area contributed by atoms with Crippen LogP contribution in [0.25, 0.3) is 0 Å². The third kappa shape index (κ3) is 3.06. The maximum atomic E-state index is 12.3. The van der Waals surface area contributed by atoms with Crippen LogP contribution in [0.1, 0.15) is 44.9 Å². The largest absolute Gasteiger partial charge is 0.331 e. The number of H-pyrrole nitrogens is 1. The first kappa shape index (κ1) is 12.5. The van der Waals surface area contributed by atoms with Gasteiger partial charge in [0.2, 0.25) is 5.91 Å². The summed E-state index contributed by atoms with van der Waals surface area (Å²) in [4.78, 5) is 21.3. The van der Waals surface area contributed by atoms with Crippen LogP contribution in [-0.4, -0.2) is 22.4 Å². The summed E-state index contributed by atoms with van der Waals surface area (Å²) in [6.45, 7) is 0.781. The maximum absolute atomic E-state index is 12.3. The molecule has 4 nitrogen and oxygen atoms in total. The van der Waals surface area contributed by atoms with Gasteiger partial charge in [0.15, 0.2) is 0 Å². The molecular weight excluding hydrogens is 238 g/mol. The molecule has 0 radical (unpaired) electrons. The Bertz CT molecular complexity index is 460. The minimum atomic E-state index is 0.253. The Morgan fingerprint density at radius 3 is 2.95 bits per heavy atom. The number of aromatic amines is 1. The van der Waals surface area contributed by atoms with Crippen LogP contribution >= 0.6 is 0 Å². The van der Waals surface area contributed by atoms with Gasteiger partial charge < -0.3 is 4.98 Å². The molecule has 19 heavy (non-hydrogen) atoms. The number of nitrogens with zero attached hydrogens (tertiary/aromatic N) is 2. The molecule has 0 saturated heterocycles. The maximum Gasteiger partial charge on any atom is 0.231 e. The number of imidazole rings is 1. The van der Waals surface area contributed by atoms with Gasteiger partial charge in [0.1, 0.15) is 5.82 Å². The van der Waals surface area contributed by atoms with Crippen LogP contribution in [-0.2, 0) is 4.79 Å². The highest BCUT2D eigenvalue weighted by Gasteiger charge is 2.34. The van der Waals surface area contributed by atoms with Crippen molar-refractivity contribution < 1.29 is 4.79 Å². The van der Waals surface area contributed by atoms with Gasteiger partial charge in [-0.2, -0.15) is 0 Å². The lowest BCUT2D eigenvalue weighted by Gasteiger charge is -2.22. The van der Waals surface area contributed by atoms with Gasteiger partial charge in [-0.15, -0.1) is 0 Å². The van der Waals surface area contributed by atoms with Crippen LogP contribution in [0.4, 0.5) is 5.82 Å². The Hall–Kier alpha value is -1.58. The molecule has 2 aliphatic rings. The zero-order valence-electron chi connectivity index (χ0n) is 11.3. The van der Waals surface area contributed by atoms with Crippen molar-refractivity contribution in [2.45, 2.75) is 44.9 Å². The first-order valence-electron chi connectivity index (χ1n) is 7.32. The zero-order chi connectivity index (χ0) is 13.1. The molecule has 0 atom stereocenters. The van der Waals surface area contributed by atoms with Crippen molar-refractivity contribution in [3.63, 3.8) is 0 Å². The smallest absolute Gasteiger partial charge is 0.231 e. The Kier molecular flexibility index (Phi) is 3.67. The van der Waals surface area contributed by atoms with E-state index in [1.165, 1.54) is 31.3 Å². The topological polar surface area (TPSA) is 49.0 Å². The zero-order valence-corrected chi connectivity index (χ0v) is 11.3. The number of rotatable bonds is 5. The predicted octanol–water partition coefficient (Wildman–Crippen LogP) is 3.04. The number of hydrogen-bond donors (Lipinski definition) is 1. The van der Waals surface area contributed by atoms with E-state index in [1.807, 2.05) is 4.90 Å². The van der Waals surface area contributed by atoms with E-state index in [1.54, 1.807) is 12.5 Å². The van der Waals surface area contributed by atoms with Gasteiger partial charge >= 0.3 is 0 Å². The number of aromatic nitrogens is 2. The van der Waals surface area contributed by atoms with E-state index in [0.29, 0.717) is 0 Å². The Balaban J connectivity index is 1.65. The average molecular weight is 259 g/mol. The molecule has 3 rings (SSSR count). The van der Waals surface area contributed by atoms with Gasteiger partial charge in [0.25, 0.3) is 0 Å². The van der Waals surface area contributed by atoms with Crippen LogP contribution in [0.5, 0.6) is 0 Å². The van der Waals surface area contributed by atoms with Crippen molar-refractivity contribution in [1.29, 1.82) is 0 Å². The molecule has 1 fully saturated rings. The second-order valence-corrected chi connectivity index (χ2v) is 5.56. The lowest BCUT2D eigenvalue weighted by molar-refractivity contribution is -0.119. The summed E-state index contributed by atoms with van der Waals surface area (Å²) in [6, 6.07) is 0. The highest BCUT2D eigenvalue weighted by atomic mass is 16.2. The van der Waals surface area contributed by atoms with E-state index in [0.717, 1.165) is 31.6 Å². The van der Waals surface area contributed by atoms with Crippen LogP contribution in [0.15, 0.2) is 24.2 Å². The lowest BCUT2D eigenvalue weighted by atomic mass is 9.97. The number of carbonyl (C=O) groups excluding carboxylic acids is 1. The standard InChI is InChI=1S/C15H21N3O/c19-15(13-6-7-13)18(14-10-16-11-17-14)9-8-12-4-2-1-3-5-12/h4,10-11,13H,1-3,5-9H2,(H,16,17). The van der Waals surface area contributed by atoms with Crippen molar-refractivity contribution in [3.8, 4) is 0 Å². The predicted molar refractivity (Wildman–Crippen MR) is 74.8 cm³/mol. The molecule has 102 valence electrons. The van der Waals surface area contributed by atoms with Gasteiger partial charge in [-0.1, -0.05) is 11.6 Å². The monoisotopic (exact) mass is 259 g/mol. The van der Waals surface area contributed by atoms with Crippen LogP contribution < -0.4 is 4.90 Å². The Labute approximate surface area is 113 Å². The summed E-state index contributed by atoms with van der Waals surface area (Å²) in [6.07, 6.45) is 13.9. The minimum Gasteiger partial charge on any atom is -0.331 e. The summed E-state index contributed by atoms with van der Waals surface area (Å²) in [5.74, 6) is 1.36. The number of anilines is 1. The summed E-state index contributed by atoms with van der Waals surface area (Å²) >= 11 is 0. The first-order valence-corrected chi connectivity index (χ1v) is 7.32. The number of carbonyl (C=O) groups is 1. The van der Waals surface area contributed by atoms with Gasteiger partial charge in [-0.05, 0) is 44.9 Å². The third-order valence-electron chi connectivity index (χ3n) is 4.01. The fourth-order valence-corrected chi connectivity index (χ4v) is 2.68. The quantitative estimate of drug-likeness (QED) is 0.826. The van der Waals surface area contributed by atoms with Gasteiger partial charge in [-0.25, -0.2) is 4.98 Å². The van der Waals surface area contributed by atoms with Crippen molar-refractivity contribution in [3.05, 3.63) is 24.2 Å². The molecule has 0 unspecified atom stereocenters. The molecular formula is C15H21N3O. The van der Waals surface area contributed by atoms with E-state index in [-0.39, 0.29) is 11.8 Å². The van der Waals surface area contributed by atoms with E-state index in [2.05, 4.69) is 16.0 Å². The molecule has 1 aromatic heterocycles. The molecule has 0 aliphatic heterocycles. The minimum absolute atomic E-state index is 0.253. The first-order chi connectivity index (χ1) is 9.34. The normalized spacial score (nSPS) is 19.1. The molecule has 1 N–H and O–H groups in total. The molecule has 1 aromatic rings. The number of amides is 1. The number of allylic oxidation sites excluding steroid dienone is 1. The van der Waals surface area contributed by atoms with E-state index >= 15 is 0 Å². The van der Waals surface area contributed by atoms with Gasteiger partial charge in [0, 0.05) is 12.5 Å². The number of hydrogen-bond acceptors (Lipinski definition) is 2. The average Bonchev–Trinajstić information content (AvgIpc) is 3.17. The fourth-order valence-electron chi connectivity index (χ4n) is 2.68. The fraction of sp³-hybridized carbons (Fsp3) is 0.600. The molecule has 0 bridgehead atoms. The summed E-state index contributed by atoms with van der Waals surface area (Å²) in [5, 5.41) is 0. The highest BCUT2D eigenvalue weighted by Crippen LogP contribution is 2.32. The molecule has 0 aromatic carbocycles. The molecule has 2 aliphatic carbocycles. The molecule has 1 heterocycles. The van der Waals surface area contributed by atoms with Crippen LogP contribution in [0.3, 0.4) is 0 Å².